The van der Waals surface area contributed by atoms with Gasteiger partial charge in [0.15, 0.2) is 0 Å². The zero-order valence-corrected chi connectivity index (χ0v) is 23.8. The maximum absolute atomic E-state index is 13.6. The maximum atomic E-state index is 13.6. The first-order valence-corrected chi connectivity index (χ1v) is 15.5. The average molecular weight is 582 g/mol. The minimum absolute atomic E-state index is 0.0676. The van der Waals surface area contributed by atoms with E-state index in [4.69, 9.17) is 0 Å². The van der Waals surface area contributed by atoms with Crippen molar-refractivity contribution in [2.75, 3.05) is 4.31 Å². The van der Waals surface area contributed by atoms with Crippen LogP contribution in [0.2, 0.25) is 16.6 Å². The fourth-order valence-corrected chi connectivity index (χ4v) is 11.8. The second kappa shape index (κ2) is 10.5. The molecule has 7 heteroatoms. The average Bonchev–Trinajstić information content (AvgIpc) is 2.69. The number of carbonyl (C=O) groups excluding carboxylic acids is 1. The number of carbonyl (C=O) groups is 1. The molecule has 0 spiro atoms. The second-order valence-corrected chi connectivity index (χ2v) is 17.5. The van der Waals surface area contributed by atoms with Crippen LogP contribution in [0.25, 0.3) is 0 Å². The van der Waals surface area contributed by atoms with Crippen molar-refractivity contribution in [3.63, 3.8) is 0 Å². The lowest BCUT2D eigenvalue weighted by molar-refractivity contribution is -0.112. The summed E-state index contributed by atoms with van der Waals surface area (Å²) in [5.41, 5.74) is 5.63. The van der Waals surface area contributed by atoms with Gasteiger partial charge in [0.2, 0.25) is 0 Å². The molecule has 0 saturated carbocycles. The topological polar surface area (TPSA) is 54.5 Å². The number of hydrogen-bond acceptors (Lipinski definition) is 3. The monoisotopic (exact) mass is 581 g/mol. The van der Waals surface area contributed by atoms with Crippen LogP contribution in [0.15, 0.2) is 53.4 Å². The van der Waals surface area contributed by atoms with Crippen molar-refractivity contribution in [2.45, 2.75) is 70.0 Å². The summed E-state index contributed by atoms with van der Waals surface area (Å²) < 4.78 is 28.7. The highest BCUT2D eigenvalue weighted by Crippen LogP contribution is 2.40. The van der Waals surface area contributed by atoms with Crippen molar-refractivity contribution < 1.29 is 13.2 Å². The zero-order chi connectivity index (χ0) is 24.3. The number of aryl methyl sites for hydroxylation is 1. The number of amides is 1. The summed E-state index contributed by atoms with van der Waals surface area (Å²) in [5, 5.41) is 0. The third-order valence-corrected chi connectivity index (χ3v) is 15.0. The Hall–Kier alpha value is -1.63. The molecule has 0 aliphatic carbocycles. The molecule has 0 unspecified atom stereocenters. The predicted molar refractivity (Wildman–Crippen MR) is 144 cm³/mol. The molecule has 0 heterocycles. The minimum Gasteiger partial charge on any atom is -0.258 e. The molecule has 32 heavy (non-hydrogen) atoms. The van der Waals surface area contributed by atoms with Crippen LogP contribution >= 0.6 is 22.6 Å². The lowest BCUT2D eigenvalue weighted by atomic mass is 10.2. The standard InChI is InChI=1S/C25H32INO3SSi/c1-18(2)32(19(3)4,20(5)6)17-16-25(28)27(24-11-9-8-10-23(24)26)31(29,30)22-14-12-21(7)13-15-22/h8-15,18-20H,1-7H3. The second-order valence-electron chi connectivity index (χ2n) is 8.99. The number of rotatable bonds is 6. The van der Waals surface area contributed by atoms with Gasteiger partial charge in [-0.1, -0.05) is 71.4 Å². The molecule has 0 aliphatic rings. The summed E-state index contributed by atoms with van der Waals surface area (Å²) in [6.07, 6.45) is 0. The van der Waals surface area contributed by atoms with Crippen molar-refractivity contribution in [3.05, 3.63) is 57.7 Å². The van der Waals surface area contributed by atoms with Crippen molar-refractivity contribution in [1.29, 1.82) is 0 Å². The van der Waals surface area contributed by atoms with E-state index in [1.165, 1.54) is 12.1 Å². The Balaban J connectivity index is 2.70. The molecular formula is C25H32INO3SSi. The number of para-hydroxylation sites is 1. The van der Waals surface area contributed by atoms with Gasteiger partial charge in [0, 0.05) is 3.57 Å². The third-order valence-electron chi connectivity index (χ3n) is 6.07. The van der Waals surface area contributed by atoms with E-state index in [0.717, 1.165) is 9.87 Å². The number of nitrogens with zero attached hydrogens (tertiary/aromatic N) is 1. The number of halogens is 1. The van der Waals surface area contributed by atoms with Crippen LogP contribution in [0.3, 0.4) is 0 Å². The van der Waals surface area contributed by atoms with E-state index >= 15 is 0 Å². The molecule has 0 N–H and O–H groups in total. The molecule has 0 aromatic heterocycles. The highest BCUT2D eigenvalue weighted by Gasteiger charge is 2.42. The molecule has 0 fully saturated rings. The minimum atomic E-state index is -4.13. The molecule has 0 atom stereocenters. The van der Waals surface area contributed by atoms with E-state index in [1.807, 2.05) is 13.0 Å². The summed E-state index contributed by atoms with van der Waals surface area (Å²) in [6.45, 7) is 14.8. The van der Waals surface area contributed by atoms with Crippen LogP contribution < -0.4 is 4.31 Å². The Labute approximate surface area is 208 Å². The lowest BCUT2D eigenvalue weighted by Crippen LogP contribution is -2.44. The van der Waals surface area contributed by atoms with E-state index in [1.54, 1.807) is 30.3 Å². The van der Waals surface area contributed by atoms with Gasteiger partial charge in [-0.25, -0.2) is 8.42 Å². The summed E-state index contributed by atoms with van der Waals surface area (Å²) in [7, 11) is -6.33. The number of anilines is 1. The van der Waals surface area contributed by atoms with Gasteiger partial charge in [-0.05, 0) is 76.3 Å². The first-order chi connectivity index (χ1) is 14.9. The maximum Gasteiger partial charge on any atom is 0.316 e. The van der Waals surface area contributed by atoms with Gasteiger partial charge in [-0.3, -0.25) is 4.79 Å². The van der Waals surface area contributed by atoms with Gasteiger partial charge in [0.1, 0.15) is 8.07 Å². The zero-order valence-electron chi connectivity index (χ0n) is 19.8. The molecule has 1 amide bonds. The molecule has 2 aromatic carbocycles. The molecule has 0 saturated heterocycles. The van der Waals surface area contributed by atoms with E-state index in [-0.39, 0.29) is 4.90 Å². The Morgan fingerprint density at radius 3 is 1.88 bits per heavy atom. The van der Waals surface area contributed by atoms with Crippen LogP contribution in [-0.4, -0.2) is 22.4 Å². The van der Waals surface area contributed by atoms with Gasteiger partial charge in [0.05, 0.1) is 10.6 Å². The SMILES string of the molecule is Cc1ccc(S(=O)(=O)N(C(=O)C#C[Si](C(C)C)(C(C)C)C(C)C)c2ccccc2I)cc1. The summed E-state index contributed by atoms with van der Waals surface area (Å²) in [4.78, 5) is 13.6. The predicted octanol–water partition coefficient (Wildman–Crippen LogP) is 6.54. The van der Waals surface area contributed by atoms with Crippen LogP contribution in [-0.2, 0) is 14.8 Å². The van der Waals surface area contributed by atoms with Crippen molar-refractivity contribution in [1.82, 2.24) is 0 Å². The molecular weight excluding hydrogens is 549 g/mol. The number of sulfonamides is 1. The van der Waals surface area contributed by atoms with Crippen LogP contribution in [0.4, 0.5) is 5.69 Å². The van der Waals surface area contributed by atoms with Crippen molar-refractivity contribution in [3.8, 4) is 11.5 Å². The van der Waals surface area contributed by atoms with Gasteiger partial charge >= 0.3 is 5.91 Å². The largest absolute Gasteiger partial charge is 0.316 e. The normalized spacial score (nSPS) is 12.1. The van der Waals surface area contributed by atoms with Crippen LogP contribution in [0.1, 0.15) is 47.1 Å². The summed E-state index contributed by atoms with van der Waals surface area (Å²) >= 11 is 2.05. The smallest absolute Gasteiger partial charge is 0.258 e. The van der Waals surface area contributed by atoms with Gasteiger partial charge < -0.3 is 0 Å². The van der Waals surface area contributed by atoms with Crippen molar-refractivity contribution >= 4 is 52.3 Å². The van der Waals surface area contributed by atoms with Crippen molar-refractivity contribution in [2.24, 2.45) is 0 Å². The lowest BCUT2D eigenvalue weighted by Gasteiger charge is -2.38. The van der Waals surface area contributed by atoms with Gasteiger partial charge in [-0.2, -0.15) is 4.31 Å². The molecule has 0 bridgehead atoms. The molecule has 2 aromatic rings. The van der Waals surface area contributed by atoms with E-state index in [2.05, 4.69) is 75.6 Å². The first kappa shape index (κ1) is 26.6. The first-order valence-electron chi connectivity index (χ1n) is 10.8. The molecule has 2 rings (SSSR count). The van der Waals surface area contributed by atoms with Gasteiger partial charge in [0.25, 0.3) is 10.0 Å². The molecule has 0 aliphatic heterocycles. The Morgan fingerprint density at radius 1 is 0.906 bits per heavy atom. The fourth-order valence-electron chi connectivity index (χ4n) is 4.43. The van der Waals surface area contributed by atoms with Crippen LogP contribution in [0, 0.1) is 22.0 Å². The third kappa shape index (κ3) is 5.29. The highest BCUT2D eigenvalue weighted by atomic mass is 127. The quantitative estimate of drug-likeness (QED) is 0.221. The van der Waals surface area contributed by atoms with E-state index in [0.29, 0.717) is 25.9 Å². The summed E-state index contributed by atoms with van der Waals surface area (Å²) in [5.74, 6) is 2.08. The van der Waals surface area contributed by atoms with E-state index in [9.17, 15) is 13.2 Å². The Kier molecular flexibility index (Phi) is 8.76. The molecule has 0 radical (unpaired) electrons. The number of benzene rings is 2. The summed E-state index contributed by atoms with van der Waals surface area (Å²) in [6, 6.07) is 13.5. The van der Waals surface area contributed by atoms with Gasteiger partial charge in [-0.15, -0.1) is 5.54 Å². The fraction of sp³-hybridized carbons (Fsp3) is 0.400. The molecule has 4 nitrogen and oxygen atoms in total. The number of hydrogen-bond donors (Lipinski definition) is 0. The molecule has 172 valence electrons. The highest BCUT2D eigenvalue weighted by molar-refractivity contribution is 14.1. The Morgan fingerprint density at radius 2 is 1.41 bits per heavy atom. The van der Waals surface area contributed by atoms with Crippen LogP contribution in [0.5, 0.6) is 0 Å². The Bertz CT molecular complexity index is 1110. The van der Waals surface area contributed by atoms with E-state index < -0.39 is 24.0 Å².